The minimum Gasteiger partial charge on any atom is -0.374 e. The minimum absolute atomic E-state index is 0. The molecule has 5 nitrogen and oxygen atoms in total. The number of guanidine groups is 1. The maximum atomic E-state index is 5.74. The first kappa shape index (κ1) is 19.7. The average Bonchev–Trinajstić information content (AvgIpc) is 2.98. The van der Waals surface area contributed by atoms with Crippen molar-refractivity contribution < 1.29 is 4.74 Å². The lowest BCUT2D eigenvalue weighted by Gasteiger charge is -2.29. The standard InChI is InChI=1S/C15H26N4OS.HI/c1-3-16-15(17-7-6-14-5-4-10-21-14)18-11-13-12-19(2)8-9-20-13;/h4-5,10,13H,3,6-9,11-12H2,1-2H3,(H2,16,17,18);1H. The highest BCUT2D eigenvalue weighted by molar-refractivity contribution is 14.0. The van der Waals surface area contributed by atoms with Crippen LogP contribution in [0, 0.1) is 0 Å². The zero-order valence-corrected chi connectivity index (χ0v) is 16.5. The molecule has 0 bridgehead atoms. The number of likely N-dealkylation sites (N-methyl/N-ethyl adjacent to an activating group) is 1. The van der Waals surface area contributed by atoms with E-state index < -0.39 is 0 Å². The van der Waals surface area contributed by atoms with E-state index >= 15 is 0 Å². The molecule has 0 aliphatic carbocycles. The summed E-state index contributed by atoms with van der Waals surface area (Å²) in [6.45, 7) is 7.34. The summed E-state index contributed by atoms with van der Waals surface area (Å²) in [6.07, 6.45) is 1.24. The van der Waals surface area contributed by atoms with E-state index in [1.165, 1.54) is 4.88 Å². The van der Waals surface area contributed by atoms with Gasteiger partial charge in [-0.3, -0.25) is 4.99 Å². The zero-order valence-electron chi connectivity index (χ0n) is 13.4. The van der Waals surface area contributed by atoms with Gasteiger partial charge in [0.25, 0.3) is 0 Å². The summed E-state index contributed by atoms with van der Waals surface area (Å²) in [5.41, 5.74) is 0. The van der Waals surface area contributed by atoms with Gasteiger partial charge in [-0.25, -0.2) is 0 Å². The molecule has 126 valence electrons. The second-order valence-electron chi connectivity index (χ2n) is 5.23. The van der Waals surface area contributed by atoms with Crippen LogP contribution in [0.5, 0.6) is 0 Å². The SMILES string of the molecule is CCNC(=NCC1CN(C)CCO1)NCCc1cccs1.I. The van der Waals surface area contributed by atoms with Gasteiger partial charge in [0.1, 0.15) is 0 Å². The number of rotatable bonds is 6. The molecule has 1 aromatic rings. The number of hydrogen-bond acceptors (Lipinski definition) is 4. The van der Waals surface area contributed by atoms with E-state index in [2.05, 4.69) is 52.0 Å². The topological polar surface area (TPSA) is 48.9 Å². The third-order valence-electron chi connectivity index (χ3n) is 3.38. The number of hydrogen-bond donors (Lipinski definition) is 2. The van der Waals surface area contributed by atoms with Crippen LogP contribution in [0.2, 0.25) is 0 Å². The van der Waals surface area contributed by atoms with Crippen molar-refractivity contribution in [2.24, 2.45) is 4.99 Å². The second-order valence-corrected chi connectivity index (χ2v) is 6.26. The maximum Gasteiger partial charge on any atom is 0.191 e. The summed E-state index contributed by atoms with van der Waals surface area (Å²) in [4.78, 5) is 8.33. The van der Waals surface area contributed by atoms with Crippen LogP contribution in [0.3, 0.4) is 0 Å². The molecule has 2 N–H and O–H groups in total. The van der Waals surface area contributed by atoms with E-state index in [0.29, 0.717) is 6.54 Å². The molecule has 1 aliphatic rings. The van der Waals surface area contributed by atoms with Crippen LogP contribution in [-0.4, -0.2) is 63.3 Å². The quantitative estimate of drug-likeness (QED) is 0.404. The van der Waals surface area contributed by atoms with Gasteiger partial charge in [0.15, 0.2) is 5.96 Å². The fourth-order valence-corrected chi connectivity index (χ4v) is 2.98. The van der Waals surface area contributed by atoms with Gasteiger partial charge < -0.3 is 20.3 Å². The molecule has 1 aromatic heterocycles. The monoisotopic (exact) mass is 438 g/mol. The van der Waals surface area contributed by atoms with Crippen molar-refractivity contribution in [3.8, 4) is 0 Å². The highest BCUT2D eigenvalue weighted by Gasteiger charge is 2.17. The van der Waals surface area contributed by atoms with Crippen LogP contribution in [-0.2, 0) is 11.2 Å². The van der Waals surface area contributed by atoms with E-state index in [1.807, 2.05) is 0 Å². The molecule has 0 saturated carbocycles. The molecule has 1 aliphatic heterocycles. The first-order valence-corrected chi connectivity index (χ1v) is 8.50. The second kappa shape index (κ2) is 11.2. The molecule has 1 atom stereocenters. The highest BCUT2D eigenvalue weighted by Crippen LogP contribution is 2.08. The Kier molecular flexibility index (Phi) is 10.0. The number of thiophene rings is 1. The van der Waals surface area contributed by atoms with Gasteiger partial charge in [-0.15, -0.1) is 35.3 Å². The molecular formula is C15H27IN4OS. The predicted octanol–water partition coefficient (Wildman–Crippen LogP) is 1.79. The van der Waals surface area contributed by atoms with E-state index in [4.69, 9.17) is 4.74 Å². The highest BCUT2D eigenvalue weighted by atomic mass is 127. The molecule has 1 fully saturated rings. The molecule has 0 aromatic carbocycles. The fourth-order valence-electron chi connectivity index (χ4n) is 2.27. The van der Waals surface area contributed by atoms with Crippen LogP contribution in [0.1, 0.15) is 11.8 Å². The Balaban J connectivity index is 0.00000242. The van der Waals surface area contributed by atoms with E-state index in [9.17, 15) is 0 Å². The van der Waals surface area contributed by atoms with Crippen molar-refractivity contribution in [1.82, 2.24) is 15.5 Å². The molecule has 0 radical (unpaired) electrons. The summed E-state index contributed by atoms with van der Waals surface area (Å²) < 4.78 is 5.74. The maximum absolute atomic E-state index is 5.74. The van der Waals surface area contributed by atoms with Crippen molar-refractivity contribution in [2.75, 3.05) is 46.4 Å². The molecule has 0 spiro atoms. The summed E-state index contributed by atoms with van der Waals surface area (Å²) in [5.74, 6) is 0.880. The summed E-state index contributed by atoms with van der Waals surface area (Å²) >= 11 is 1.80. The smallest absolute Gasteiger partial charge is 0.191 e. The van der Waals surface area contributed by atoms with E-state index in [-0.39, 0.29) is 30.1 Å². The number of halogens is 1. The van der Waals surface area contributed by atoms with Crippen LogP contribution < -0.4 is 10.6 Å². The molecule has 7 heteroatoms. The third kappa shape index (κ3) is 7.26. The third-order valence-corrected chi connectivity index (χ3v) is 4.32. The Labute approximate surface area is 154 Å². The molecule has 2 rings (SSSR count). The molecule has 0 amide bonds. The van der Waals surface area contributed by atoms with Crippen LogP contribution in [0.4, 0.5) is 0 Å². The van der Waals surface area contributed by atoms with Crippen LogP contribution in [0.15, 0.2) is 22.5 Å². The normalized spacial score (nSPS) is 19.5. The minimum atomic E-state index is 0. The van der Waals surface area contributed by atoms with Crippen molar-refractivity contribution in [2.45, 2.75) is 19.4 Å². The zero-order chi connectivity index (χ0) is 14.9. The Morgan fingerprint density at radius 2 is 2.36 bits per heavy atom. The summed E-state index contributed by atoms with van der Waals surface area (Å²) in [6, 6.07) is 4.26. The van der Waals surface area contributed by atoms with Gasteiger partial charge in [0.05, 0.1) is 19.3 Å². The van der Waals surface area contributed by atoms with Gasteiger partial charge in [-0.05, 0) is 31.8 Å². The molecule has 1 saturated heterocycles. The molecular weight excluding hydrogens is 411 g/mol. The van der Waals surface area contributed by atoms with Gasteiger partial charge in [0, 0.05) is 31.1 Å². The average molecular weight is 438 g/mol. The van der Waals surface area contributed by atoms with Gasteiger partial charge in [0.2, 0.25) is 0 Å². The first-order chi connectivity index (χ1) is 10.3. The molecule has 22 heavy (non-hydrogen) atoms. The lowest BCUT2D eigenvalue weighted by Crippen LogP contribution is -2.43. The Morgan fingerprint density at radius 3 is 3.05 bits per heavy atom. The van der Waals surface area contributed by atoms with Crippen LogP contribution >= 0.6 is 35.3 Å². The summed E-state index contributed by atoms with van der Waals surface area (Å²) in [7, 11) is 2.13. The molecule has 2 heterocycles. The Bertz CT molecular complexity index is 427. The largest absolute Gasteiger partial charge is 0.374 e. The van der Waals surface area contributed by atoms with Crippen LogP contribution in [0.25, 0.3) is 0 Å². The lowest BCUT2D eigenvalue weighted by molar-refractivity contribution is -0.0136. The van der Waals surface area contributed by atoms with Crippen molar-refractivity contribution in [3.63, 3.8) is 0 Å². The number of aliphatic imine (C=N–C) groups is 1. The number of ether oxygens (including phenoxy) is 1. The first-order valence-electron chi connectivity index (χ1n) is 7.62. The molecule has 1 unspecified atom stereocenters. The fraction of sp³-hybridized carbons (Fsp3) is 0.667. The van der Waals surface area contributed by atoms with Crippen molar-refractivity contribution in [3.05, 3.63) is 22.4 Å². The van der Waals surface area contributed by atoms with Gasteiger partial charge in [-0.2, -0.15) is 0 Å². The number of nitrogens with zero attached hydrogens (tertiary/aromatic N) is 2. The lowest BCUT2D eigenvalue weighted by atomic mass is 10.3. The van der Waals surface area contributed by atoms with Crippen molar-refractivity contribution in [1.29, 1.82) is 0 Å². The number of nitrogens with one attached hydrogen (secondary N) is 2. The Hall–Kier alpha value is -0.380. The van der Waals surface area contributed by atoms with Gasteiger partial charge in [-0.1, -0.05) is 6.07 Å². The Morgan fingerprint density at radius 1 is 1.50 bits per heavy atom. The van der Waals surface area contributed by atoms with E-state index in [1.54, 1.807) is 11.3 Å². The summed E-state index contributed by atoms with van der Waals surface area (Å²) in [5, 5.41) is 8.79. The predicted molar refractivity (Wildman–Crippen MR) is 105 cm³/mol. The number of morpholine rings is 1. The van der Waals surface area contributed by atoms with Crippen molar-refractivity contribution >= 4 is 41.3 Å². The van der Waals surface area contributed by atoms with Gasteiger partial charge >= 0.3 is 0 Å². The van der Waals surface area contributed by atoms with E-state index in [0.717, 1.165) is 45.2 Å².